The molecule has 0 radical (unpaired) electrons. The van der Waals surface area contributed by atoms with E-state index in [4.69, 9.17) is 0 Å². The second-order valence-electron chi connectivity index (χ2n) is 8.18. The van der Waals surface area contributed by atoms with Crippen LogP contribution in [0.5, 0.6) is 0 Å². The van der Waals surface area contributed by atoms with Crippen LogP contribution in [0.3, 0.4) is 0 Å². The smallest absolute Gasteiger partial charge is 0.123 e. The molecule has 0 bridgehead atoms. The molecule has 0 amide bonds. The molecule has 3 heteroatoms. The molecule has 150 valence electrons. The van der Waals surface area contributed by atoms with E-state index in [2.05, 4.69) is 60.8 Å². The molecule has 0 aliphatic carbocycles. The number of quaternary nitrogens is 1. The number of nitrogens with two attached hydrogens (primary N) is 1. The molecule has 3 aromatic rings. The van der Waals surface area contributed by atoms with Gasteiger partial charge in [0.15, 0.2) is 0 Å². The van der Waals surface area contributed by atoms with Gasteiger partial charge in [0, 0.05) is 23.5 Å². The van der Waals surface area contributed by atoms with Gasteiger partial charge in [0.05, 0.1) is 0 Å². The Morgan fingerprint density at radius 3 is 2.07 bits per heavy atom. The van der Waals surface area contributed by atoms with Gasteiger partial charge in [0.2, 0.25) is 0 Å². The zero-order valence-corrected chi connectivity index (χ0v) is 16.8. The Balaban J connectivity index is 1.82. The number of hydrogen-bond donors (Lipinski definition) is 2. The molecule has 0 unspecified atom stereocenters. The van der Waals surface area contributed by atoms with Crippen LogP contribution in [0.4, 0.5) is 4.39 Å². The van der Waals surface area contributed by atoms with E-state index in [-0.39, 0.29) is 23.8 Å². The normalized spacial score (nSPS) is 26.9. The standard InChI is InChI=1S/C26H28FNO/c1-2-9-23-25(20-12-7-4-8-13-20)28-24(19-10-5-3-6-11-19)18-26(23,29)21-14-16-22(27)17-15-21/h3-8,10-17,23-25,28-29H,2,9,18H2,1H3/p+1/t23-,24-,25+,26-/m0/s1. The van der Waals surface area contributed by atoms with E-state index < -0.39 is 5.60 Å². The van der Waals surface area contributed by atoms with Crippen LogP contribution in [0.1, 0.15) is 55.0 Å². The molecule has 1 saturated heterocycles. The Morgan fingerprint density at radius 2 is 1.48 bits per heavy atom. The largest absolute Gasteiger partial charge is 0.384 e. The summed E-state index contributed by atoms with van der Waals surface area (Å²) < 4.78 is 13.6. The van der Waals surface area contributed by atoms with Gasteiger partial charge >= 0.3 is 0 Å². The zero-order chi connectivity index (χ0) is 20.3. The van der Waals surface area contributed by atoms with Crippen molar-refractivity contribution < 1.29 is 14.8 Å². The van der Waals surface area contributed by atoms with Gasteiger partial charge < -0.3 is 10.4 Å². The lowest BCUT2D eigenvalue weighted by atomic mass is 9.66. The molecule has 1 heterocycles. The molecule has 3 N–H and O–H groups in total. The van der Waals surface area contributed by atoms with E-state index in [1.54, 1.807) is 12.1 Å². The summed E-state index contributed by atoms with van der Waals surface area (Å²) in [6.45, 7) is 2.16. The lowest BCUT2D eigenvalue weighted by Gasteiger charge is -2.47. The Labute approximate surface area is 172 Å². The summed E-state index contributed by atoms with van der Waals surface area (Å²) >= 11 is 0. The number of rotatable bonds is 5. The Morgan fingerprint density at radius 1 is 0.897 bits per heavy atom. The molecule has 1 aliphatic rings. The van der Waals surface area contributed by atoms with E-state index in [9.17, 15) is 9.50 Å². The molecular formula is C26H29FNO+. The highest BCUT2D eigenvalue weighted by molar-refractivity contribution is 5.30. The van der Waals surface area contributed by atoms with E-state index >= 15 is 0 Å². The highest BCUT2D eigenvalue weighted by Gasteiger charge is 2.51. The van der Waals surface area contributed by atoms with Crippen LogP contribution in [0.25, 0.3) is 0 Å². The number of piperidine rings is 1. The minimum Gasteiger partial charge on any atom is -0.384 e. The summed E-state index contributed by atoms with van der Waals surface area (Å²) in [5.74, 6) is -0.230. The molecule has 4 atom stereocenters. The average Bonchev–Trinajstić information content (AvgIpc) is 2.77. The van der Waals surface area contributed by atoms with Crippen LogP contribution in [-0.2, 0) is 5.60 Å². The fourth-order valence-corrected chi connectivity index (χ4v) is 4.98. The molecule has 1 fully saturated rings. The van der Waals surface area contributed by atoms with Gasteiger partial charge in [-0.2, -0.15) is 0 Å². The van der Waals surface area contributed by atoms with Crippen LogP contribution in [0.2, 0.25) is 0 Å². The molecule has 29 heavy (non-hydrogen) atoms. The van der Waals surface area contributed by atoms with Gasteiger partial charge in [-0.3, -0.25) is 0 Å². The predicted octanol–water partition coefficient (Wildman–Crippen LogP) is 4.88. The van der Waals surface area contributed by atoms with E-state index in [1.165, 1.54) is 23.3 Å². The molecule has 4 rings (SSSR count). The third kappa shape index (κ3) is 3.98. The second kappa shape index (κ2) is 8.48. The van der Waals surface area contributed by atoms with Gasteiger partial charge in [0.1, 0.15) is 23.5 Å². The Hall–Kier alpha value is -2.49. The first-order chi connectivity index (χ1) is 14.1. The molecular weight excluding hydrogens is 361 g/mol. The van der Waals surface area contributed by atoms with Crippen molar-refractivity contribution in [3.63, 3.8) is 0 Å². The highest BCUT2D eigenvalue weighted by Crippen LogP contribution is 2.47. The van der Waals surface area contributed by atoms with Gasteiger partial charge in [-0.05, 0) is 24.1 Å². The number of benzene rings is 3. The summed E-state index contributed by atoms with van der Waals surface area (Å²) in [7, 11) is 0. The summed E-state index contributed by atoms with van der Waals surface area (Å²) in [6, 6.07) is 27.6. The van der Waals surface area contributed by atoms with Gasteiger partial charge in [-0.1, -0.05) is 86.1 Å². The monoisotopic (exact) mass is 390 g/mol. The molecule has 2 nitrogen and oxygen atoms in total. The van der Waals surface area contributed by atoms with E-state index in [1.807, 2.05) is 12.1 Å². The fourth-order valence-electron chi connectivity index (χ4n) is 4.98. The summed E-state index contributed by atoms with van der Waals surface area (Å²) in [6.07, 6.45) is 2.50. The maximum atomic E-state index is 13.6. The van der Waals surface area contributed by atoms with Crippen molar-refractivity contribution in [3.05, 3.63) is 107 Å². The third-order valence-electron chi connectivity index (χ3n) is 6.37. The second-order valence-corrected chi connectivity index (χ2v) is 8.18. The maximum absolute atomic E-state index is 13.6. The molecule has 0 aromatic heterocycles. The molecule has 0 spiro atoms. The minimum atomic E-state index is -1.01. The molecule has 1 aliphatic heterocycles. The lowest BCUT2D eigenvalue weighted by molar-refractivity contribution is -0.758. The van der Waals surface area contributed by atoms with Crippen LogP contribution in [-0.4, -0.2) is 5.11 Å². The Bertz CT molecular complexity index is 912. The Kier molecular flexibility index (Phi) is 5.79. The molecule has 0 saturated carbocycles. The minimum absolute atomic E-state index is 0.0420. The van der Waals surface area contributed by atoms with E-state index in [0.717, 1.165) is 18.4 Å². The van der Waals surface area contributed by atoms with Crippen molar-refractivity contribution in [3.8, 4) is 0 Å². The van der Waals surface area contributed by atoms with Crippen LogP contribution in [0.15, 0.2) is 84.9 Å². The lowest BCUT2D eigenvalue weighted by Crippen LogP contribution is -2.91. The van der Waals surface area contributed by atoms with Crippen molar-refractivity contribution in [2.24, 2.45) is 5.92 Å². The summed E-state index contributed by atoms with van der Waals surface area (Å²) in [5.41, 5.74) is 2.24. The number of aliphatic hydroxyl groups is 1. The molecule has 3 aromatic carbocycles. The first-order valence-electron chi connectivity index (χ1n) is 10.5. The van der Waals surface area contributed by atoms with Crippen molar-refractivity contribution in [1.29, 1.82) is 0 Å². The van der Waals surface area contributed by atoms with Crippen molar-refractivity contribution in [1.82, 2.24) is 0 Å². The zero-order valence-electron chi connectivity index (χ0n) is 16.8. The van der Waals surface area contributed by atoms with Crippen molar-refractivity contribution in [2.75, 3.05) is 0 Å². The quantitative estimate of drug-likeness (QED) is 0.640. The topological polar surface area (TPSA) is 36.8 Å². The van der Waals surface area contributed by atoms with Crippen LogP contribution in [0, 0.1) is 11.7 Å². The summed E-state index contributed by atoms with van der Waals surface area (Å²) in [4.78, 5) is 0. The van der Waals surface area contributed by atoms with Crippen LogP contribution < -0.4 is 5.32 Å². The summed E-state index contributed by atoms with van der Waals surface area (Å²) in [5, 5.41) is 14.6. The van der Waals surface area contributed by atoms with Gasteiger partial charge in [-0.15, -0.1) is 0 Å². The number of hydrogen-bond acceptors (Lipinski definition) is 1. The van der Waals surface area contributed by atoms with Crippen LogP contribution >= 0.6 is 0 Å². The van der Waals surface area contributed by atoms with Gasteiger partial charge in [0.25, 0.3) is 0 Å². The van der Waals surface area contributed by atoms with Crippen molar-refractivity contribution in [2.45, 2.75) is 43.9 Å². The highest BCUT2D eigenvalue weighted by atomic mass is 19.1. The number of halogens is 1. The maximum Gasteiger partial charge on any atom is 0.123 e. The first-order valence-corrected chi connectivity index (χ1v) is 10.5. The third-order valence-corrected chi connectivity index (χ3v) is 6.37. The first kappa shape index (κ1) is 19.8. The van der Waals surface area contributed by atoms with Gasteiger partial charge in [-0.25, -0.2) is 4.39 Å². The SMILES string of the molecule is CCC[C@H]1[C@@H](c2ccccc2)[NH2+][C@H](c2ccccc2)C[C@]1(O)c1ccc(F)cc1. The van der Waals surface area contributed by atoms with Crippen molar-refractivity contribution >= 4 is 0 Å². The average molecular weight is 391 g/mol. The predicted molar refractivity (Wildman–Crippen MR) is 114 cm³/mol. The fraction of sp³-hybridized carbons (Fsp3) is 0.308. The van der Waals surface area contributed by atoms with E-state index in [0.29, 0.717) is 6.42 Å².